The summed E-state index contributed by atoms with van der Waals surface area (Å²) < 4.78 is 39.3. The van der Waals surface area contributed by atoms with E-state index in [9.17, 15) is 13.0 Å². The van der Waals surface area contributed by atoms with E-state index in [2.05, 4.69) is 56.0 Å². The molecule has 0 radical (unpaired) electrons. The van der Waals surface area contributed by atoms with Crippen LogP contribution in [0.4, 0.5) is 5.69 Å². The predicted octanol–water partition coefficient (Wildman–Crippen LogP) is 6.19. The SMILES string of the molecule is CCCCCCCCN1c2ccccc2C(C)(C)C12C=Cc1cc(S(=O)(=O)O)ccc1O2. The maximum absolute atomic E-state index is 11.6. The summed E-state index contributed by atoms with van der Waals surface area (Å²) in [5.74, 6) is 0.619. The predicted molar refractivity (Wildman–Crippen MR) is 129 cm³/mol. The molecule has 0 saturated carbocycles. The maximum atomic E-state index is 11.6. The monoisotopic (exact) mass is 455 g/mol. The number of rotatable bonds is 8. The lowest BCUT2D eigenvalue weighted by molar-refractivity contribution is 0.0531. The number of unbranched alkanes of at least 4 members (excludes halogenated alkanes) is 5. The summed E-state index contributed by atoms with van der Waals surface area (Å²) >= 11 is 0. The third-order valence-corrected chi connectivity index (χ3v) is 7.78. The van der Waals surface area contributed by atoms with Crippen molar-refractivity contribution in [2.24, 2.45) is 0 Å². The quantitative estimate of drug-likeness (QED) is 0.379. The number of nitrogens with zero attached hydrogens (tertiary/aromatic N) is 1. The number of fused-ring (bicyclic) bond motifs is 2. The van der Waals surface area contributed by atoms with Gasteiger partial charge in [0, 0.05) is 17.8 Å². The second-order valence-electron chi connectivity index (χ2n) is 9.37. The highest BCUT2D eigenvalue weighted by Crippen LogP contribution is 2.55. The molecular weight excluding hydrogens is 422 g/mol. The average molecular weight is 456 g/mol. The van der Waals surface area contributed by atoms with Crippen LogP contribution >= 0.6 is 0 Å². The molecule has 2 aromatic rings. The first-order valence-electron chi connectivity index (χ1n) is 11.6. The minimum atomic E-state index is -4.26. The second-order valence-corrected chi connectivity index (χ2v) is 10.8. The Kier molecular flexibility index (Phi) is 6.12. The van der Waals surface area contributed by atoms with E-state index in [-0.39, 0.29) is 10.3 Å². The maximum Gasteiger partial charge on any atom is 0.294 e. The molecule has 5 nitrogen and oxygen atoms in total. The van der Waals surface area contributed by atoms with Crippen LogP contribution in [0.5, 0.6) is 5.75 Å². The summed E-state index contributed by atoms with van der Waals surface area (Å²) in [4.78, 5) is 2.25. The van der Waals surface area contributed by atoms with Crippen LogP contribution in [-0.4, -0.2) is 25.2 Å². The average Bonchev–Trinajstić information content (AvgIpc) is 2.93. The first-order valence-corrected chi connectivity index (χ1v) is 13.0. The molecule has 1 atom stereocenters. The van der Waals surface area contributed by atoms with Crippen LogP contribution in [0.2, 0.25) is 0 Å². The zero-order valence-electron chi connectivity index (χ0n) is 19.2. The van der Waals surface area contributed by atoms with Crippen molar-refractivity contribution in [1.82, 2.24) is 0 Å². The van der Waals surface area contributed by atoms with Gasteiger partial charge in [-0.2, -0.15) is 8.42 Å². The van der Waals surface area contributed by atoms with Crippen molar-refractivity contribution in [1.29, 1.82) is 0 Å². The highest BCUT2D eigenvalue weighted by Gasteiger charge is 2.58. The number of hydrogen-bond donors (Lipinski definition) is 1. The van der Waals surface area contributed by atoms with Crippen molar-refractivity contribution in [3.8, 4) is 5.75 Å². The van der Waals surface area contributed by atoms with Gasteiger partial charge < -0.3 is 9.64 Å². The molecule has 0 aliphatic carbocycles. The van der Waals surface area contributed by atoms with E-state index >= 15 is 0 Å². The lowest BCUT2D eigenvalue weighted by Crippen LogP contribution is -2.59. The Bertz CT molecular complexity index is 1120. The summed E-state index contributed by atoms with van der Waals surface area (Å²) in [6, 6.07) is 13.0. The zero-order chi connectivity index (χ0) is 23.0. The van der Waals surface area contributed by atoms with Crippen molar-refractivity contribution in [3.05, 3.63) is 59.7 Å². The third kappa shape index (κ3) is 3.84. The first-order chi connectivity index (χ1) is 15.2. The van der Waals surface area contributed by atoms with Crippen LogP contribution in [0.15, 0.2) is 53.4 Å². The van der Waals surface area contributed by atoms with Crippen molar-refractivity contribution in [2.75, 3.05) is 11.4 Å². The van der Waals surface area contributed by atoms with Gasteiger partial charge in [0.1, 0.15) is 5.75 Å². The summed E-state index contributed by atoms with van der Waals surface area (Å²) in [6.45, 7) is 7.52. The molecule has 0 aromatic heterocycles. The molecule has 6 heteroatoms. The largest absolute Gasteiger partial charge is 0.463 e. The Morgan fingerprint density at radius 1 is 1.00 bits per heavy atom. The topological polar surface area (TPSA) is 66.8 Å². The van der Waals surface area contributed by atoms with Crippen molar-refractivity contribution >= 4 is 21.9 Å². The van der Waals surface area contributed by atoms with Gasteiger partial charge in [-0.1, -0.05) is 57.2 Å². The van der Waals surface area contributed by atoms with Gasteiger partial charge in [-0.3, -0.25) is 4.55 Å². The highest BCUT2D eigenvalue weighted by atomic mass is 32.2. The van der Waals surface area contributed by atoms with Crippen LogP contribution in [0.25, 0.3) is 6.08 Å². The normalized spacial score (nSPS) is 20.8. The van der Waals surface area contributed by atoms with E-state index in [1.54, 1.807) is 6.07 Å². The van der Waals surface area contributed by atoms with E-state index in [1.165, 1.54) is 55.5 Å². The van der Waals surface area contributed by atoms with Gasteiger partial charge in [-0.15, -0.1) is 0 Å². The number of hydrogen-bond acceptors (Lipinski definition) is 4. The summed E-state index contributed by atoms with van der Waals surface area (Å²) in [6.07, 6.45) is 11.3. The van der Waals surface area contributed by atoms with Gasteiger partial charge in [0.15, 0.2) is 0 Å². The molecule has 0 saturated heterocycles. The van der Waals surface area contributed by atoms with Crippen molar-refractivity contribution in [2.45, 2.75) is 75.3 Å². The number of ether oxygens (including phenoxy) is 1. The Morgan fingerprint density at radius 2 is 1.72 bits per heavy atom. The van der Waals surface area contributed by atoms with Crippen LogP contribution in [0, 0.1) is 0 Å². The molecule has 2 aliphatic rings. The number of para-hydroxylation sites is 1. The van der Waals surface area contributed by atoms with Crippen LogP contribution < -0.4 is 9.64 Å². The third-order valence-electron chi connectivity index (χ3n) is 6.93. The first kappa shape index (κ1) is 22.9. The standard InChI is InChI=1S/C26H33NO4S/c1-4-5-6-7-8-11-18-27-23-13-10-9-12-22(23)25(2,3)26(27)17-16-20-19-21(32(28,29)30)14-15-24(20)31-26/h9-10,12-17,19H,4-8,11,18H2,1-3H3,(H,28,29,30). The fourth-order valence-corrected chi connectivity index (χ4v) is 5.60. The van der Waals surface area contributed by atoms with Gasteiger partial charge in [0.2, 0.25) is 5.72 Å². The van der Waals surface area contributed by atoms with Crippen molar-refractivity contribution < 1.29 is 17.7 Å². The van der Waals surface area contributed by atoms with Crippen LogP contribution in [0.3, 0.4) is 0 Å². The molecule has 2 aliphatic heterocycles. The fourth-order valence-electron chi connectivity index (χ4n) is 5.08. The molecule has 0 fully saturated rings. The summed E-state index contributed by atoms with van der Waals surface area (Å²) in [5.41, 5.74) is 2.06. The minimum absolute atomic E-state index is 0.127. The molecule has 2 aromatic carbocycles. The zero-order valence-corrected chi connectivity index (χ0v) is 20.0. The molecule has 1 unspecified atom stereocenters. The number of anilines is 1. The molecule has 0 bridgehead atoms. The van der Waals surface area contributed by atoms with Gasteiger partial charge in [0.25, 0.3) is 10.1 Å². The van der Waals surface area contributed by atoms with E-state index in [1.807, 2.05) is 6.08 Å². The Hall–Kier alpha value is -2.31. The van der Waals surface area contributed by atoms with E-state index in [0.717, 1.165) is 13.0 Å². The number of benzene rings is 2. The van der Waals surface area contributed by atoms with Gasteiger partial charge in [-0.05, 0) is 62.2 Å². The molecule has 1 N–H and O–H groups in total. The van der Waals surface area contributed by atoms with Crippen molar-refractivity contribution in [3.63, 3.8) is 0 Å². The van der Waals surface area contributed by atoms with E-state index < -0.39 is 15.8 Å². The van der Waals surface area contributed by atoms with Gasteiger partial charge >= 0.3 is 0 Å². The summed E-state index contributed by atoms with van der Waals surface area (Å²) in [5, 5.41) is 0. The van der Waals surface area contributed by atoms with E-state index in [4.69, 9.17) is 4.74 Å². The molecule has 1 spiro atoms. The summed E-state index contributed by atoms with van der Waals surface area (Å²) in [7, 11) is -4.26. The molecule has 2 heterocycles. The Labute approximate surface area is 191 Å². The van der Waals surface area contributed by atoms with E-state index in [0.29, 0.717) is 11.3 Å². The molecule has 0 amide bonds. The van der Waals surface area contributed by atoms with Gasteiger partial charge in [0.05, 0.1) is 10.3 Å². The lowest BCUT2D eigenvalue weighted by Gasteiger charge is -2.47. The van der Waals surface area contributed by atoms with Crippen LogP contribution in [-0.2, 0) is 15.5 Å². The molecular formula is C26H33NO4S. The second kappa shape index (κ2) is 8.56. The minimum Gasteiger partial charge on any atom is -0.463 e. The Balaban J connectivity index is 1.67. The fraction of sp³-hybridized carbons (Fsp3) is 0.462. The lowest BCUT2D eigenvalue weighted by atomic mass is 9.76. The Morgan fingerprint density at radius 3 is 2.47 bits per heavy atom. The molecule has 172 valence electrons. The molecule has 32 heavy (non-hydrogen) atoms. The smallest absolute Gasteiger partial charge is 0.294 e. The van der Waals surface area contributed by atoms with Gasteiger partial charge in [-0.25, -0.2) is 0 Å². The highest BCUT2D eigenvalue weighted by molar-refractivity contribution is 7.85. The van der Waals surface area contributed by atoms with Crippen LogP contribution in [0.1, 0.15) is 70.4 Å². The molecule has 4 rings (SSSR count).